The average molecular weight is 455 g/mol. The number of anilines is 1. The Labute approximate surface area is 191 Å². The summed E-state index contributed by atoms with van der Waals surface area (Å²) in [5, 5.41) is 14.2. The van der Waals surface area contributed by atoms with Crippen LogP contribution in [0, 0.1) is 0 Å². The lowest BCUT2D eigenvalue weighted by Crippen LogP contribution is -2.27. The standard InChI is InChI=1S/C26H34N2O3S/c1-25(2,3)18-13-22(32(7,8)26(4,5)6)20(14-21(18)29)28-24(31)17-15-27-19-12-10-9-11-16(19)23(17)30/h9-15,29H,1-8H3,(H,27,30)(H,28,31). The average Bonchev–Trinajstić information content (AvgIpc) is 2.66. The number of phenols is 1. The van der Waals surface area contributed by atoms with Crippen LogP contribution in [0.15, 0.2) is 52.3 Å². The number of nitrogens with one attached hydrogen (secondary N) is 2. The molecule has 0 spiro atoms. The third-order valence-corrected chi connectivity index (χ3v) is 10.8. The molecule has 0 saturated heterocycles. The maximum Gasteiger partial charge on any atom is 0.261 e. The van der Waals surface area contributed by atoms with Crippen LogP contribution in [0.3, 0.4) is 0 Å². The summed E-state index contributed by atoms with van der Waals surface area (Å²) in [4.78, 5) is 30.2. The minimum atomic E-state index is -1.39. The maximum absolute atomic E-state index is 13.2. The molecule has 0 bridgehead atoms. The van der Waals surface area contributed by atoms with E-state index in [-0.39, 0.29) is 26.9 Å². The van der Waals surface area contributed by atoms with E-state index in [4.69, 9.17) is 0 Å². The summed E-state index contributed by atoms with van der Waals surface area (Å²) in [6.07, 6.45) is 5.87. The minimum absolute atomic E-state index is 0.0394. The topological polar surface area (TPSA) is 82.2 Å². The Kier molecular flexibility index (Phi) is 5.98. The molecule has 2 aromatic carbocycles. The highest BCUT2D eigenvalue weighted by Gasteiger charge is 2.34. The largest absolute Gasteiger partial charge is 0.508 e. The van der Waals surface area contributed by atoms with Gasteiger partial charge in [0.15, 0.2) is 0 Å². The van der Waals surface area contributed by atoms with Gasteiger partial charge in [0.25, 0.3) is 5.91 Å². The van der Waals surface area contributed by atoms with E-state index in [1.165, 1.54) is 6.20 Å². The fraction of sp³-hybridized carbons (Fsp3) is 0.385. The van der Waals surface area contributed by atoms with Gasteiger partial charge in [-0.1, -0.05) is 53.7 Å². The van der Waals surface area contributed by atoms with Crippen LogP contribution >= 0.6 is 10.0 Å². The Morgan fingerprint density at radius 3 is 2.25 bits per heavy atom. The van der Waals surface area contributed by atoms with Crippen molar-refractivity contribution in [2.45, 2.75) is 56.6 Å². The predicted molar refractivity (Wildman–Crippen MR) is 137 cm³/mol. The van der Waals surface area contributed by atoms with E-state index in [9.17, 15) is 14.7 Å². The molecule has 0 aliphatic heterocycles. The van der Waals surface area contributed by atoms with E-state index in [1.807, 2.05) is 12.1 Å². The number of amides is 1. The van der Waals surface area contributed by atoms with E-state index < -0.39 is 15.9 Å². The molecule has 1 aromatic heterocycles. The zero-order valence-corrected chi connectivity index (χ0v) is 21.0. The highest BCUT2D eigenvalue weighted by molar-refractivity contribution is 8.33. The number of phenolic OH excluding ortho intramolecular Hbond substituents is 1. The summed E-state index contributed by atoms with van der Waals surface area (Å²) in [6, 6.07) is 10.8. The number of aromatic amines is 1. The van der Waals surface area contributed by atoms with Gasteiger partial charge in [-0.25, -0.2) is 10.0 Å². The summed E-state index contributed by atoms with van der Waals surface area (Å²) in [5.41, 5.74) is 1.51. The van der Waals surface area contributed by atoms with E-state index in [1.54, 1.807) is 24.3 Å². The van der Waals surface area contributed by atoms with Crippen molar-refractivity contribution in [3.63, 3.8) is 0 Å². The first-order valence-electron chi connectivity index (χ1n) is 10.7. The second-order valence-electron chi connectivity index (χ2n) is 10.6. The first-order valence-corrected chi connectivity index (χ1v) is 13.1. The van der Waals surface area contributed by atoms with Crippen molar-refractivity contribution in [1.82, 2.24) is 4.98 Å². The first-order chi connectivity index (χ1) is 14.6. The van der Waals surface area contributed by atoms with Crippen LogP contribution in [-0.2, 0) is 5.41 Å². The first kappa shape index (κ1) is 23.9. The van der Waals surface area contributed by atoms with Crippen LogP contribution in [0.2, 0.25) is 0 Å². The Bertz CT molecular complexity index is 1240. The molecule has 0 fully saturated rings. The van der Waals surface area contributed by atoms with Gasteiger partial charge in [0.1, 0.15) is 11.3 Å². The molecule has 5 nitrogen and oxygen atoms in total. The third kappa shape index (κ3) is 4.29. The minimum Gasteiger partial charge on any atom is -0.508 e. The molecule has 1 amide bonds. The molecule has 6 heteroatoms. The summed E-state index contributed by atoms with van der Waals surface area (Å²) < 4.78 is -0.0426. The molecule has 32 heavy (non-hydrogen) atoms. The van der Waals surface area contributed by atoms with Gasteiger partial charge in [-0.05, 0) is 40.9 Å². The molecule has 1 heterocycles. The van der Waals surface area contributed by atoms with Gasteiger partial charge in [0.05, 0.1) is 5.69 Å². The third-order valence-electron chi connectivity index (χ3n) is 6.27. The van der Waals surface area contributed by atoms with Crippen LogP contribution in [0.25, 0.3) is 10.9 Å². The van der Waals surface area contributed by atoms with Crippen LogP contribution in [0.1, 0.15) is 57.5 Å². The van der Waals surface area contributed by atoms with Crippen molar-refractivity contribution in [2.24, 2.45) is 0 Å². The van der Waals surface area contributed by atoms with E-state index >= 15 is 0 Å². The molecule has 0 radical (unpaired) electrons. The van der Waals surface area contributed by atoms with Gasteiger partial charge in [-0.3, -0.25) is 9.59 Å². The van der Waals surface area contributed by atoms with Gasteiger partial charge in [-0.2, -0.15) is 0 Å². The second-order valence-corrected chi connectivity index (χ2v) is 14.9. The highest BCUT2D eigenvalue weighted by atomic mass is 32.3. The molecular formula is C26H34N2O3S. The highest BCUT2D eigenvalue weighted by Crippen LogP contribution is 2.62. The van der Waals surface area contributed by atoms with Gasteiger partial charge in [0.2, 0.25) is 5.43 Å². The second kappa shape index (κ2) is 8.00. The van der Waals surface area contributed by atoms with E-state index in [0.717, 1.165) is 10.5 Å². The molecule has 0 unspecified atom stereocenters. The molecule has 3 aromatic rings. The number of aromatic hydroxyl groups is 1. The maximum atomic E-state index is 13.2. The molecule has 172 valence electrons. The monoisotopic (exact) mass is 454 g/mol. The van der Waals surface area contributed by atoms with Crippen molar-refractivity contribution in [1.29, 1.82) is 0 Å². The zero-order chi connectivity index (χ0) is 24.1. The fourth-order valence-electron chi connectivity index (χ4n) is 3.54. The van der Waals surface area contributed by atoms with Gasteiger partial charge in [-0.15, -0.1) is 0 Å². The van der Waals surface area contributed by atoms with Crippen LogP contribution in [0.5, 0.6) is 5.75 Å². The van der Waals surface area contributed by atoms with E-state index in [2.05, 4.69) is 64.4 Å². The number of para-hydroxylation sites is 1. The summed E-state index contributed by atoms with van der Waals surface area (Å²) >= 11 is 0. The number of hydrogen-bond acceptors (Lipinski definition) is 3. The molecule has 0 saturated carbocycles. The summed E-state index contributed by atoms with van der Waals surface area (Å²) in [6.45, 7) is 12.7. The number of fused-ring (bicyclic) bond motifs is 1. The zero-order valence-electron chi connectivity index (χ0n) is 20.2. The Morgan fingerprint density at radius 2 is 1.66 bits per heavy atom. The number of rotatable bonds is 3. The molecule has 3 rings (SSSR count). The van der Waals surface area contributed by atoms with Crippen molar-refractivity contribution in [2.75, 3.05) is 17.8 Å². The van der Waals surface area contributed by atoms with Gasteiger partial charge >= 0.3 is 0 Å². The normalized spacial score (nSPS) is 13.2. The van der Waals surface area contributed by atoms with E-state index in [0.29, 0.717) is 16.6 Å². The van der Waals surface area contributed by atoms with Crippen LogP contribution in [-0.4, -0.2) is 33.3 Å². The molecule has 3 N–H and O–H groups in total. The van der Waals surface area contributed by atoms with Crippen molar-refractivity contribution in [3.8, 4) is 5.75 Å². The predicted octanol–water partition coefficient (Wildman–Crippen LogP) is 6.01. The molecule has 0 aliphatic rings. The van der Waals surface area contributed by atoms with Crippen molar-refractivity contribution >= 4 is 32.5 Å². The van der Waals surface area contributed by atoms with Gasteiger partial charge in [0, 0.05) is 33.6 Å². The number of H-pyrrole nitrogens is 1. The molecule has 0 atom stereocenters. The van der Waals surface area contributed by atoms with Crippen LogP contribution < -0.4 is 10.7 Å². The van der Waals surface area contributed by atoms with Gasteiger partial charge < -0.3 is 15.4 Å². The summed E-state index contributed by atoms with van der Waals surface area (Å²) in [5.74, 6) is -0.363. The molecular weight excluding hydrogens is 420 g/mol. The number of pyridine rings is 1. The number of aromatic nitrogens is 1. The smallest absolute Gasteiger partial charge is 0.261 e. The number of hydrogen-bond donors (Lipinski definition) is 3. The molecule has 0 aliphatic carbocycles. The Hall–Kier alpha value is -2.73. The van der Waals surface area contributed by atoms with Crippen molar-refractivity contribution < 1.29 is 9.90 Å². The Balaban J connectivity index is 2.15. The van der Waals surface area contributed by atoms with Crippen LogP contribution in [0.4, 0.5) is 5.69 Å². The number of carbonyl (C=O) groups is 1. The number of benzene rings is 2. The Morgan fingerprint density at radius 1 is 1.03 bits per heavy atom. The lowest BCUT2D eigenvalue weighted by Gasteiger charge is -2.46. The lowest BCUT2D eigenvalue weighted by atomic mass is 9.86. The lowest BCUT2D eigenvalue weighted by molar-refractivity contribution is 0.102. The quantitative estimate of drug-likeness (QED) is 0.453. The fourth-order valence-corrected chi connectivity index (χ4v) is 5.28. The summed E-state index contributed by atoms with van der Waals surface area (Å²) in [7, 11) is -1.39. The number of carbonyl (C=O) groups excluding carboxylic acids is 1. The van der Waals surface area contributed by atoms with Crippen molar-refractivity contribution in [3.05, 3.63) is 63.9 Å². The SMILES string of the molecule is CC(C)(C)c1cc(S(C)(C)C(C)(C)C)c(NC(=O)c2c[nH]c3ccccc3c2=O)cc1O.